The Kier molecular flexibility index (Phi) is 6.30. The van der Waals surface area contributed by atoms with Crippen molar-refractivity contribution >= 4 is 41.0 Å². The van der Waals surface area contributed by atoms with Gasteiger partial charge >= 0.3 is 0 Å². The molecule has 32 heavy (non-hydrogen) atoms. The fourth-order valence-corrected chi connectivity index (χ4v) is 3.23. The molecular weight excluding hydrogens is 425 g/mol. The van der Waals surface area contributed by atoms with Gasteiger partial charge in [0.1, 0.15) is 47.5 Å². The predicted molar refractivity (Wildman–Crippen MR) is 113 cm³/mol. The highest BCUT2D eigenvalue weighted by Crippen LogP contribution is 2.48. The van der Waals surface area contributed by atoms with Crippen molar-refractivity contribution < 1.29 is 27.1 Å². The number of aromatic nitrogens is 1. The second kappa shape index (κ2) is 8.52. The Labute approximate surface area is 185 Å². The molecule has 0 saturated carbocycles. The van der Waals surface area contributed by atoms with Crippen LogP contribution in [0.2, 0.25) is 0 Å². The van der Waals surface area contributed by atoms with Crippen molar-refractivity contribution in [3.8, 4) is 5.75 Å². The van der Waals surface area contributed by atoms with Crippen LogP contribution >= 0.6 is 0 Å². The minimum Gasteiger partial charge on any atom is -0.514 e. The molecule has 2 aromatic rings. The van der Waals surface area contributed by atoms with E-state index < -0.39 is 47.1 Å². The number of pyridine rings is 1. The number of halogens is 4. The predicted octanol–water partition coefficient (Wildman–Crippen LogP) is 1.92. The lowest BCUT2D eigenvalue weighted by molar-refractivity contribution is -0.0959. The summed E-state index contributed by atoms with van der Waals surface area (Å²) in [5, 5.41) is 0.433. The third-order valence-corrected chi connectivity index (χ3v) is 4.76. The first kappa shape index (κ1) is 23.7. The van der Waals surface area contributed by atoms with Crippen molar-refractivity contribution in [2.75, 3.05) is 12.0 Å². The van der Waals surface area contributed by atoms with Gasteiger partial charge in [-0.2, -0.15) is 0 Å². The normalized spacial score (nSPS) is 20.3. The Morgan fingerprint density at radius 1 is 1.25 bits per heavy atom. The van der Waals surface area contributed by atoms with Gasteiger partial charge in [-0.1, -0.05) is 0 Å². The molecule has 1 aromatic heterocycles. The second-order valence-electron chi connectivity index (χ2n) is 7.29. The smallest absolute Gasteiger partial charge is 0.280 e. The van der Waals surface area contributed by atoms with E-state index >= 15 is 0 Å². The molecule has 0 aliphatic carbocycles. The summed E-state index contributed by atoms with van der Waals surface area (Å²) >= 11 is 0. The number of hydrogen-bond acceptors (Lipinski definition) is 5. The van der Waals surface area contributed by atoms with Crippen molar-refractivity contribution in [1.82, 2.24) is 4.98 Å². The first-order chi connectivity index (χ1) is 14.9. The number of nitrogens with two attached hydrogens (primary N) is 1. The van der Waals surface area contributed by atoms with E-state index in [1.54, 1.807) is 0 Å². The molecule has 0 spiro atoms. The van der Waals surface area contributed by atoms with Crippen LogP contribution in [-0.4, -0.2) is 58.2 Å². The van der Waals surface area contributed by atoms with Gasteiger partial charge in [-0.15, -0.1) is 0 Å². The third kappa shape index (κ3) is 4.76. The standard InChI is InChI=1S/C19H15B3F4N4O2/c20-19(21,22)32-11-2-4-14(28-8-11)16(31)29-10-1-3-13(24)12(7-10)17(9-23)18(25,26)6-5-15(27)30-17/h1-4,7-8H,5-6,9H2,(H2,27,30)(H,29,31)/t17-/m1/s1. The molecule has 1 aliphatic heterocycles. The lowest BCUT2D eigenvalue weighted by Gasteiger charge is -2.39. The highest BCUT2D eigenvalue weighted by Gasteiger charge is 2.58. The number of nitrogens with zero attached hydrogens (tertiary/aromatic N) is 2. The number of ether oxygens (including phenoxy) is 1. The van der Waals surface area contributed by atoms with Gasteiger partial charge < -0.3 is 15.8 Å². The zero-order valence-electron chi connectivity index (χ0n) is 16.6. The van der Waals surface area contributed by atoms with E-state index in [-0.39, 0.29) is 29.4 Å². The molecular formula is C19H15B3F4N4O2. The van der Waals surface area contributed by atoms with Crippen LogP contribution in [0.5, 0.6) is 5.75 Å². The zero-order valence-corrected chi connectivity index (χ0v) is 16.6. The summed E-state index contributed by atoms with van der Waals surface area (Å²) in [5.41, 5.74) is 1.80. The Morgan fingerprint density at radius 2 is 1.97 bits per heavy atom. The van der Waals surface area contributed by atoms with Crippen LogP contribution in [0, 0.1) is 5.82 Å². The minimum absolute atomic E-state index is 0.0815. The number of aliphatic imine (C=N–C) groups is 1. The van der Waals surface area contributed by atoms with Gasteiger partial charge in [0.15, 0.2) is 5.54 Å². The van der Waals surface area contributed by atoms with Crippen molar-refractivity contribution in [2.45, 2.75) is 29.6 Å². The maximum Gasteiger partial charge on any atom is 0.280 e. The number of carbonyl (C=O) groups excluding carboxylic acids is 1. The molecule has 1 amide bonds. The van der Waals surface area contributed by atoms with E-state index in [0.29, 0.717) is 0 Å². The van der Waals surface area contributed by atoms with Crippen LogP contribution in [0.3, 0.4) is 0 Å². The molecule has 0 fully saturated rings. The van der Waals surface area contributed by atoms with E-state index in [9.17, 15) is 22.4 Å². The molecule has 0 saturated heterocycles. The van der Waals surface area contributed by atoms with Gasteiger partial charge in [-0.25, -0.2) is 22.5 Å². The van der Waals surface area contributed by atoms with E-state index in [0.717, 1.165) is 24.4 Å². The highest BCUT2D eigenvalue weighted by atomic mass is 19.3. The zero-order chi connectivity index (χ0) is 23.7. The molecule has 6 nitrogen and oxygen atoms in total. The molecule has 3 N–H and O–H groups in total. The highest BCUT2D eigenvalue weighted by molar-refractivity contribution is 6.58. The molecule has 0 bridgehead atoms. The number of benzene rings is 1. The summed E-state index contributed by atoms with van der Waals surface area (Å²) in [4.78, 5) is 19.9. The van der Waals surface area contributed by atoms with Crippen LogP contribution in [0.15, 0.2) is 41.5 Å². The number of amides is 1. The Morgan fingerprint density at radius 3 is 2.56 bits per heavy atom. The summed E-state index contributed by atoms with van der Waals surface area (Å²) in [7, 11) is 15.9. The average molecular weight is 440 g/mol. The van der Waals surface area contributed by atoms with Gasteiger partial charge in [0.05, 0.1) is 12.0 Å². The number of nitrogens with one attached hydrogen (secondary N) is 1. The van der Waals surface area contributed by atoms with E-state index in [1.807, 2.05) is 0 Å². The summed E-state index contributed by atoms with van der Waals surface area (Å²) < 4.78 is 62.8. The second-order valence-corrected chi connectivity index (χ2v) is 7.29. The number of carbonyl (C=O) groups is 1. The summed E-state index contributed by atoms with van der Waals surface area (Å²) in [6.07, 6.45) is 0.0819. The van der Waals surface area contributed by atoms with Gasteiger partial charge in [0.2, 0.25) is 0 Å². The van der Waals surface area contributed by atoms with Gasteiger partial charge in [-0.05, 0) is 35.6 Å². The van der Waals surface area contributed by atoms with E-state index in [1.165, 1.54) is 12.1 Å². The summed E-state index contributed by atoms with van der Waals surface area (Å²) in [6, 6.07) is 5.42. The molecule has 2 heterocycles. The summed E-state index contributed by atoms with van der Waals surface area (Å²) in [6.45, 7) is -1.69. The number of hydrogen-bond donors (Lipinski definition) is 2. The van der Waals surface area contributed by atoms with Crippen LogP contribution < -0.4 is 15.8 Å². The average Bonchev–Trinajstić information content (AvgIpc) is 2.70. The number of rotatable bonds is 6. The number of amidine groups is 1. The first-order valence-electron chi connectivity index (χ1n) is 9.28. The van der Waals surface area contributed by atoms with Crippen LogP contribution in [0.25, 0.3) is 0 Å². The maximum atomic E-state index is 14.7. The molecule has 0 unspecified atom stereocenters. The lowest BCUT2D eigenvalue weighted by Crippen LogP contribution is -2.51. The first-order valence-corrected chi connectivity index (χ1v) is 9.28. The van der Waals surface area contributed by atoms with Crippen molar-refractivity contribution in [1.29, 1.82) is 0 Å². The third-order valence-electron chi connectivity index (χ3n) is 4.76. The minimum atomic E-state index is -3.70. The van der Waals surface area contributed by atoms with Crippen LogP contribution in [0.1, 0.15) is 28.9 Å². The largest absolute Gasteiger partial charge is 0.514 e. The quantitative estimate of drug-likeness (QED) is 0.531. The molecule has 1 atom stereocenters. The van der Waals surface area contributed by atoms with Crippen LogP contribution in [-0.2, 0) is 5.54 Å². The Hall–Kier alpha value is -2.98. The molecule has 3 rings (SSSR count). The number of alkyl halides is 3. The Balaban J connectivity index is 1.89. The lowest BCUT2D eigenvalue weighted by atomic mass is 9.52. The van der Waals surface area contributed by atoms with Gasteiger partial charge in [-0.3, -0.25) is 9.79 Å². The van der Waals surface area contributed by atoms with E-state index in [2.05, 4.69) is 15.3 Å². The van der Waals surface area contributed by atoms with Gasteiger partial charge in [0.25, 0.3) is 11.8 Å². The van der Waals surface area contributed by atoms with Crippen molar-refractivity contribution in [3.63, 3.8) is 0 Å². The molecule has 13 heteroatoms. The monoisotopic (exact) mass is 440 g/mol. The fraction of sp³-hybridized carbons (Fsp3) is 0.316. The topological polar surface area (TPSA) is 89.6 Å². The Bertz CT molecular complexity index is 1050. The molecule has 6 radical (unpaired) electrons. The maximum absolute atomic E-state index is 14.7. The summed E-state index contributed by atoms with van der Waals surface area (Å²) in [5.74, 6) is -5.72. The molecule has 1 aliphatic rings. The molecule has 1 aromatic carbocycles. The fourth-order valence-electron chi connectivity index (χ4n) is 3.23. The van der Waals surface area contributed by atoms with Crippen LogP contribution in [0.4, 0.5) is 23.2 Å². The SMILES string of the molecule is [B]C([B])([B])Oc1ccc(C(=O)Nc2ccc(F)c([C@@]3(CF)N=C(N)CCC3(F)F)c2)nc1. The van der Waals surface area contributed by atoms with Gasteiger partial charge in [0, 0.05) is 24.1 Å². The van der Waals surface area contributed by atoms with Crippen molar-refractivity contribution in [3.05, 3.63) is 53.6 Å². The van der Waals surface area contributed by atoms with E-state index in [4.69, 9.17) is 34.0 Å². The molecule has 160 valence electrons. The van der Waals surface area contributed by atoms with Crippen molar-refractivity contribution in [2.24, 2.45) is 10.7 Å². The number of anilines is 1.